The van der Waals surface area contributed by atoms with Crippen LogP contribution in [-0.2, 0) is 17.9 Å². The third kappa shape index (κ3) is 3.37. The number of fused-ring (bicyclic) bond motifs is 3. The van der Waals surface area contributed by atoms with E-state index in [-0.39, 0.29) is 18.6 Å². The number of thiophene rings is 1. The Bertz CT molecular complexity index is 1370. The molecule has 0 aliphatic heterocycles. The zero-order valence-corrected chi connectivity index (χ0v) is 17.4. The number of nitrogens with zero attached hydrogens (tertiary/aromatic N) is 3. The average molecular weight is 424 g/mol. The molecule has 0 unspecified atom stereocenters. The van der Waals surface area contributed by atoms with Crippen LogP contribution >= 0.6 is 11.3 Å². The van der Waals surface area contributed by atoms with Crippen molar-refractivity contribution in [2.75, 3.05) is 12.4 Å². The summed E-state index contributed by atoms with van der Waals surface area (Å²) in [4.78, 5) is 43.9. The highest BCUT2D eigenvalue weighted by atomic mass is 32.1. The summed E-state index contributed by atoms with van der Waals surface area (Å²) in [5.74, 6) is 0.123. The lowest BCUT2D eigenvalue weighted by atomic mass is 10.2. The molecule has 8 nitrogen and oxygen atoms in total. The van der Waals surface area contributed by atoms with E-state index in [0.717, 1.165) is 0 Å². The summed E-state index contributed by atoms with van der Waals surface area (Å²) in [6.45, 7) is 1.93. The first-order valence-electron chi connectivity index (χ1n) is 9.49. The Morgan fingerprint density at radius 1 is 1.17 bits per heavy atom. The maximum Gasteiger partial charge on any atom is 0.332 e. The predicted octanol–water partition coefficient (Wildman–Crippen LogP) is 2.83. The summed E-state index contributed by atoms with van der Waals surface area (Å²) < 4.78 is 8.23. The zero-order chi connectivity index (χ0) is 21.3. The number of benzene rings is 1. The third-order valence-electron chi connectivity index (χ3n) is 4.74. The van der Waals surface area contributed by atoms with Crippen molar-refractivity contribution < 1.29 is 9.53 Å². The summed E-state index contributed by atoms with van der Waals surface area (Å²) in [6, 6.07) is 10.6. The molecular formula is C21H20N4O4S. The maximum atomic E-state index is 13.2. The minimum atomic E-state index is -0.506. The molecule has 30 heavy (non-hydrogen) atoms. The Morgan fingerprint density at radius 3 is 2.73 bits per heavy atom. The van der Waals surface area contributed by atoms with Crippen LogP contribution in [0.1, 0.15) is 13.3 Å². The van der Waals surface area contributed by atoms with Crippen LogP contribution in [-0.4, -0.2) is 27.1 Å². The number of rotatable bonds is 6. The largest absolute Gasteiger partial charge is 0.495 e. The Kier molecular flexibility index (Phi) is 5.37. The van der Waals surface area contributed by atoms with Gasteiger partial charge in [0.15, 0.2) is 0 Å². The molecular weight excluding hydrogens is 404 g/mol. The van der Waals surface area contributed by atoms with Crippen molar-refractivity contribution in [3.05, 3.63) is 63.4 Å². The number of carbonyl (C=O) groups is 1. The fourth-order valence-corrected chi connectivity index (χ4v) is 4.53. The number of amides is 1. The van der Waals surface area contributed by atoms with Crippen molar-refractivity contribution in [1.29, 1.82) is 0 Å². The highest BCUT2D eigenvalue weighted by Gasteiger charge is 2.20. The molecule has 0 fully saturated rings. The van der Waals surface area contributed by atoms with E-state index < -0.39 is 11.6 Å². The molecule has 4 aromatic rings. The van der Waals surface area contributed by atoms with Crippen LogP contribution in [0.25, 0.3) is 20.4 Å². The van der Waals surface area contributed by atoms with Gasteiger partial charge in [0.05, 0.1) is 18.3 Å². The van der Waals surface area contributed by atoms with Crippen molar-refractivity contribution in [1.82, 2.24) is 14.1 Å². The normalized spacial score (nSPS) is 11.1. The van der Waals surface area contributed by atoms with Gasteiger partial charge in [-0.2, -0.15) is 0 Å². The van der Waals surface area contributed by atoms with Crippen molar-refractivity contribution in [2.24, 2.45) is 0 Å². The fourth-order valence-electron chi connectivity index (χ4n) is 3.43. The number of hydrogen-bond acceptors (Lipinski definition) is 6. The van der Waals surface area contributed by atoms with E-state index in [1.807, 2.05) is 6.92 Å². The number of hydrogen-bond donors (Lipinski definition) is 1. The minimum Gasteiger partial charge on any atom is -0.495 e. The Labute approximate surface area is 175 Å². The van der Waals surface area contributed by atoms with Gasteiger partial charge in [-0.1, -0.05) is 19.1 Å². The molecule has 3 aromatic heterocycles. The minimum absolute atomic E-state index is 0.238. The number of carbonyl (C=O) groups excluding carboxylic acids is 1. The predicted molar refractivity (Wildman–Crippen MR) is 118 cm³/mol. The van der Waals surface area contributed by atoms with Gasteiger partial charge in [-0.15, -0.1) is 11.3 Å². The van der Waals surface area contributed by atoms with Crippen molar-refractivity contribution >= 4 is 43.4 Å². The highest BCUT2D eigenvalue weighted by Crippen LogP contribution is 2.29. The van der Waals surface area contributed by atoms with Crippen LogP contribution in [0.15, 0.2) is 52.2 Å². The van der Waals surface area contributed by atoms with E-state index in [4.69, 9.17) is 4.74 Å². The zero-order valence-electron chi connectivity index (χ0n) is 16.5. The number of para-hydroxylation sites is 2. The van der Waals surface area contributed by atoms with Crippen LogP contribution in [0.2, 0.25) is 0 Å². The van der Waals surface area contributed by atoms with Gasteiger partial charge >= 0.3 is 5.69 Å². The van der Waals surface area contributed by atoms with Gasteiger partial charge in [0, 0.05) is 18.1 Å². The van der Waals surface area contributed by atoms with E-state index in [0.29, 0.717) is 38.3 Å². The number of ether oxygens (including phenoxy) is 1. The van der Waals surface area contributed by atoms with Crippen LogP contribution in [0.5, 0.6) is 5.75 Å². The summed E-state index contributed by atoms with van der Waals surface area (Å²) in [7, 11) is 1.52. The molecule has 1 amide bonds. The molecule has 3 heterocycles. The second-order valence-electron chi connectivity index (χ2n) is 6.71. The number of aromatic nitrogens is 3. The molecule has 0 atom stereocenters. The van der Waals surface area contributed by atoms with Crippen molar-refractivity contribution in [2.45, 2.75) is 26.4 Å². The Morgan fingerprint density at radius 2 is 1.97 bits per heavy atom. The molecule has 0 aliphatic carbocycles. The number of nitrogens with one attached hydrogen (secondary N) is 1. The summed E-state index contributed by atoms with van der Waals surface area (Å²) in [5.41, 5.74) is 0.1000. The summed E-state index contributed by atoms with van der Waals surface area (Å²) >= 11 is 1.23. The van der Waals surface area contributed by atoms with Gasteiger partial charge in [0.2, 0.25) is 5.91 Å². The van der Waals surface area contributed by atoms with Gasteiger partial charge in [0.25, 0.3) is 5.56 Å². The van der Waals surface area contributed by atoms with E-state index in [1.54, 1.807) is 42.6 Å². The maximum absolute atomic E-state index is 13.2. The number of anilines is 1. The SMILES string of the molecule is CCCn1c(=O)c2sc3ncccc3c2n(CC(=O)Nc2ccccc2OC)c1=O. The molecule has 154 valence electrons. The third-order valence-corrected chi connectivity index (χ3v) is 5.83. The van der Waals surface area contributed by atoms with Crippen LogP contribution < -0.4 is 21.3 Å². The average Bonchev–Trinajstić information content (AvgIpc) is 3.14. The number of pyridine rings is 1. The van der Waals surface area contributed by atoms with Crippen molar-refractivity contribution in [3.8, 4) is 5.75 Å². The molecule has 0 radical (unpaired) electrons. The standard InChI is InChI=1S/C21H20N4O4S/c1-3-11-24-20(27)18-17(13-7-6-10-22-19(13)30-18)25(21(24)28)12-16(26)23-14-8-4-5-9-15(14)29-2/h4-10H,3,11-12H2,1-2H3,(H,23,26). The van der Waals surface area contributed by atoms with Crippen LogP contribution in [0, 0.1) is 0 Å². The summed E-state index contributed by atoms with van der Waals surface area (Å²) in [6.07, 6.45) is 2.26. The smallest absolute Gasteiger partial charge is 0.332 e. The molecule has 0 saturated carbocycles. The highest BCUT2D eigenvalue weighted by molar-refractivity contribution is 7.25. The molecule has 0 saturated heterocycles. The van der Waals surface area contributed by atoms with Gasteiger partial charge in [-0.25, -0.2) is 9.78 Å². The summed E-state index contributed by atoms with van der Waals surface area (Å²) in [5, 5.41) is 3.47. The molecule has 0 aliphatic rings. The number of methoxy groups -OCH3 is 1. The lowest BCUT2D eigenvalue weighted by Gasteiger charge is -2.13. The molecule has 9 heteroatoms. The monoisotopic (exact) mass is 424 g/mol. The quantitative estimate of drug-likeness (QED) is 0.514. The van der Waals surface area contributed by atoms with Gasteiger partial charge in [-0.05, 0) is 30.7 Å². The van der Waals surface area contributed by atoms with E-state index >= 15 is 0 Å². The first-order chi connectivity index (χ1) is 14.5. The van der Waals surface area contributed by atoms with Crippen LogP contribution in [0.3, 0.4) is 0 Å². The van der Waals surface area contributed by atoms with Gasteiger partial charge < -0.3 is 10.1 Å². The molecule has 0 bridgehead atoms. The van der Waals surface area contributed by atoms with Crippen molar-refractivity contribution in [3.63, 3.8) is 0 Å². The lowest BCUT2D eigenvalue weighted by molar-refractivity contribution is -0.116. The van der Waals surface area contributed by atoms with Gasteiger partial charge in [0.1, 0.15) is 21.8 Å². The Balaban J connectivity index is 1.85. The van der Waals surface area contributed by atoms with E-state index in [9.17, 15) is 14.4 Å². The fraction of sp³-hybridized carbons (Fsp3) is 0.238. The van der Waals surface area contributed by atoms with E-state index in [1.165, 1.54) is 27.6 Å². The molecule has 1 aromatic carbocycles. The first kappa shape index (κ1) is 19.8. The second kappa shape index (κ2) is 8.11. The van der Waals surface area contributed by atoms with E-state index in [2.05, 4.69) is 10.3 Å². The molecule has 4 rings (SSSR count). The lowest BCUT2D eigenvalue weighted by Crippen LogP contribution is -2.41. The molecule has 1 N–H and O–H groups in total. The molecule has 0 spiro atoms. The Hall–Kier alpha value is -3.46. The first-order valence-corrected chi connectivity index (χ1v) is 10.3. The van der Waals surface area contributed by atoms with Crippen LogP contribution in [0.4, 0.5) is 5.69 Å². The topological polar surface area (TPSA) is 95.2 Å². The van der Waals surface area contributed by atoms with Gasteiger partial charge in [-0.3, -0.25) is 18.7 Å². The second-order valence-corrected chi connectivity index (χ2v) is 7.71.